The van der Waals surface area contributed by atoms with Crippen molar-refractivity contribution >= 4 is 34.6 Å². The lowest BCUT2D eigenvalue weighted by molar-refractivity contribution is 0.102. The molecule has 1 saturated heterocycles. The lowest BCUT2D eigenvalue weighted by Gasteiger charge is -2.45. The van der Waals surface area contributed by atoms with E-state index in [9.17, 15) is 9.90 Å². The summed E-state index contributed by atoms with van der Waals surface area (Å²) in [5, 5.41) is 17.6. The van der Waals surface area contributed by atoms with Crippen molar-refractivity contribution < 1.29 is 9.90 Å². The molecule has 0 radical (unpaired) electrons. The summed E-state index contributed by atoms with van der Waals surface area (Å²) >= 11 is 6.79. The normalized spacial score (nSPS) is 20.4. The minimum absolute atomic E-state index is 0.0143. The van der Waals surface area contributed by atoms with Crippen LogP contribution in [0.25, 0.3) is 0 Å². The molecule has 3 aromatic carbocycles. The molecule has 2 heterocycles. The van der Waals surface area contributed by atoms with Crippen LogP contribution in [-0.4, -0.2) is 47.8 Å². The largest absolute Gasteiger partial charge is 0.374 e. The first-order valence-electron chi connectivity index (χ1n) is 13.6. The molecular weight excluding hydrogens is 496 g/mol. The molecule has 3 unspecified atom stereocenters. The van der Waals surface area contributed by atoms with Crippen molar-refractivity contribution in [3.05, 3.63) is 88.4 Å². The van der Waals surface area contributed by atoms with E-state index in [1.165, 1.54) is 0 Å². The zero-order valence-corrected chi connectivity index (χ0v) is 23.1. The van der Waals surface area contributed by atoms with Crippen molar-refractivity contribution in [1.82, 2.24) is 4.90 Å². The van der Waals surface area contributed by atoms with E-state index in [2.05, 4.69) is 59.4 Å². The molecular formula is C31H37ClN4O2. The van der Waals surface area contributed by atoms with Gasteiger partial charge in [-0.25, -0.2) is 0 Å². The molecule has 0 aromatic heterocycles. The third-order valence-corrected chi connectivity index (χ3v) is 8.40. The average molecular weight is 533 g/mol. The number of piperazine rings is 1. The summed E-state index contributed by atoms with van der Waals surface area (Å²) in [7, 11) is 0. The first kappa shape index (κ1) is 26.5. The molecule has 6 nitrogen and oxygen atoms in total. The van der Waals surface area contributed by atoms with Gasteiger partial charge in [-0.15, -0.1) is 0 Å². The Morgan fingerprint density at radius 3 is 2.45 bits per heavy atom. The lowest BCUT2D eigenvalue weighted by atomic mass is 9.92. The second-order valence-corrected chi connectivity index (χ2v) is 10.8. The number of hydrogen-bond acceptors (Lipinski definition) is 5. The summed E-state index contributed by atoms with van der Waals surface area (Å²) in [5.41, 5.74) is 5.59. The van der Waals surface area contributed by atoms with Gasteiger partial charge in [0.25, 0.3) is 5.91 Å². The highest BCUT2D eigenvalue weighted by Crippen LogP contribution is 2.40. The standard InChI is InChI=1S/C31H37ClN4O2/c1-4-21(5-2)30(37)33-22-14-15-28(26(32)18-22)36-17-16-35(19-20(36)3)29-23-10-6-7-11-24(23)31(38)34-27-13-9-8-12-25(27)29/h6-15,18,20-21,29-30,33,37H,4-5,16-17,19H2,1-3H3,(H,34,38). The number of aliphatic hydroxyl groups excluding tert-OH is 1. The molecule has 0 bridgehead atoms. The number of aliphatic hydroxyl groups is 1. The van der Waals surface area contributed by atoms with Crippen molar-refractivity contribution in [2.24, 2.45) is 5.92 Å². The number of nitrogens with zero attached hydrogens (tertiary/aromatic N) is 2. The first-order valence-corrected chi connectivity index (χ1v) is 14.0. The fourth-order valence-electron chi connectivity index (χ4n) is 5.97. The maximum Gasteiger partial charge on any atom is 0.256 e. The fourth-order valence-corrected chi connectivity index (χ4v) is 6.26. The topological polar surface area (TPSA) is 67.8 Å². The first-order chi connectivity index (χ1) is 18.4. The van der Waals surface area contributed by atoms with Gasteiger partial charge in [0.15, 0.2) is 0 Å². The highest BCUT2D eigenvalue weighted by atomic mass is 35.5. The summed E-state index contributed by atoms with van der Waals surface area (Å²) in [6, 6.07) is 22.2. The van der Waals surface area contributed by atoms with Gasteiger partial charge < -0.3 is 20.6 Å². The van der Waals surface area contributed by atoms with Gasteiger partial charge in [-0.1, -0.05) is 61.8 Å². The number of fused-ring (bicyclic) bond motifs is 2. The van der Waals surface area contributed by atoms with Crippen molar-refractivity contribution in [1.29, 1.82) is 0 Å². The van der Waals surface area contributed by atoms with E-state index >= 15 is 0 Å². The van der Waals surface area contributed by atoms with Crippen LogP contribution in [0.3, 0.4) is 0 Å². The SMILES string of the molecule is CCC(CC)C(O)Nc1ccc(N2CCN(C3c4ccccc4NC(=O)c4ccccc43)CC2C)c(Cl)c1. The van der Waals surface area contributed by atoms with E-state index in [4.69, 9.17) is 11.6 Å². The van der Waals surface area contributed by atoms with Crippen LogP contribution in [0, 0.1) is 5.92 Å². The molecule has 5 rings (SSSR count). The second kappa shape index (κ2) is 11.4. The molecule has 200 valence electrons. The minimum atomic E-state index is -0.596. The van der Waals surface area contributed by atoms with Crippen LogP contribution in [-0.2, 0) is 0 Å². The summed E-state index contributed by atoms with van der Waals surface area (Å²) in [6.45, 7) is 8.88. The molecule has 2 aliphatic heterocycles. The van der Waals surface area contributed by atoms with Crippen molar-refractivity contribution in [3.8, 4) is 0 Å². The van der Waals surface area contributed by atoms with Gasteiger partial charge in [0, 0.05) is 48.5 Å². The highest BCUT2D eigenvalue weighted by molar-refractivity contribution is 6.33. The molecule has 2 aliphatic rings. The Balaban J connectivity index is 1.37. The van der Waals surface area contributed by atoms with Gasteiger partial charge in [-0.2, -0.15) is 0 Å². The summed E-state index contributed by atoms with van der Waals surface area (Å²) in [4.78, 5) is 17.9. The van der Waals surface area contributed by atoms with E-state index in [1.807, 2.05) is 48.5 Å². The van der Waals surface area contributed by atoms with Crippen LogP contribution < -0.4 is 15.5 Å². The molecule has 0 spiro atoms. The molecule has 0 saturated carbocycles. The summed E-state index contributed by atoms with van der Waals surface area (Å²) in [5.74, 6) is 0.142. The number of carbonyl (C=O) groups excluding carboxylic acids is 1. The van der Waals surface area contributed by atoms with Crippen LogP contribution >= 0.6 is 11.6 Å². The number of rotatable bonds is 7. The monoisotopic (exact) mass is 532 g/mol. The van der Waals surface area contributed by atoms with Gasteiger partial charge in [-0.3, -0.25) is 9.69 Å². The zero-order chi connectivity index (χ0) is 26.8. The number of amides is 1. The lowest BCUT2D eigenvalue weighted by Crippen LogP contribution is -2.53. The maximum atomic E-state index is 13.0. The maximum absolute atomic E-state index is 13.0. The Bertz CT molecular complexity index is 1290. The number of halogens is 1. The Kier molecular flexibility index (Phi) is 7.93. The quantitative estimate of drug-likeness (QED) is 0.308. The summed E-state index contributed by atoms with van der Waals surface area (Å²) in [6.07, 6.45) is 1.23. The Morgan fingerprint density at radius 1 is 1.03 bits per heavy atom. The minimum Gasteiger partial charge on any atom is -0.374 e. The number of para-hydroxylation sites is 1. The third-order valence-electron chi connectivity index (χ3n) is 8.09. The summed E-state index contributed by atoms with van der Waals surface area (Å²) < 4.78 is 0. The number of carbonyl (C=O) groups is 1. The molecule has 38 heavy (non-hydrogen) atoms. The van der Waals surface area contributed by atoms with Gasteiger partial charge >= 0.3 is 0 Å². The van der Waals surface area contributed by atoms with Crippen molar-refractivity contribution in [3.63, 3.8) is 0 Å². The van der Waals surface area contributed by atoms with E-state index in [-0.39, 0.29) is 23.9 Å². The number of hydrogen-bond donors (Lipinski definition) is 3. The van der Waals surface area contributed by atoms with Gasteiger partial charge in [0.1, 0.15) is 6.23 Å². The van der Waals surface area contributed by atoms with Crippen LogP contribution in [0.4, 0.5) is 17.1 Å². The smallest absolute Gasteiger partial charge is 0.256 e. The number of anilines is 3. The predicted octanol–water partition coefficient (Wildman–Crippen LogP) is 6.37. The molecule has 0 aliphatic carbocycles. The van der Waals surface area contributed by atoms with Crippen LogP contribution in [0.5, 0.6) is 0 Å². The van der Waals surface area contributed by atoms with Gasteiger partial charge in [0.05, 0.1) is 16.8 Å². The Morgan fingerprint density at radius 2 is 1.74 bits per heavy atom. The van der Waals surface area contributed by atoms with E-state index in [1.54, 1.807) is 0 Å². The highest BCUT2D eigenvalue weighted by Gasteiger charge is 2.35. The van der Waals surface area contributed by atoms with Crippen LogP contribution in [0.15, 0.2) is 66.7 Å². The van der Waals surface area contributed by atoms with Crippen LogP contribution in [0.1, 0.15) is 61.1 Å². The van der Waals surface area contributed by atoms with Gasteiger partial charge in [0.2, 0.25) is 0 Å². The zero-order valence-electron chi connectivity index (χ0n) is 22.3. The molecule has 3 atom stereocenters. The average Bonchev–Trinajstić information content (AvgIpc) is 3.03. The van der Waals surface area contributed by atoms with E-state index in [0.29, 0.717) is 5.02 Å². The molecule has 1 amide bonds. The molecule has 3 N–H and O–H groups in total. The molecule has 3 aromatic rings. The Labute approximate surface area is 230 Å². The number of nitrogens with one attached hydrogen (secondary N) is 2. The van der Waals surface area contributed by atoms with Crippen molar-refractivity contribution in [2.75, 3.05) is 35.2 Å². The third kappa shape index (κ3) is 5.13. The fraction of sp³-hybridized carbons (Fsp3) is 0.387. The predicted molar refractivity (Wildman–Crippen MR) is 156 cm³/mol. The Hall–Kier alpha value is -3.06. The number of benzene rings is 3. The molecule has 1 fully saturated rings. The van der Waals surface area contributed by atoms with Gasteiger partial charge in [-0.05, 0) is 61.2 Å². The van der Waals surface area contributed by atoms with Crippen molar-refractivity contribution in [2.45, 2.75) is 51.9 Å². The van der Waals surface area contributed by atoms with E-state index in [0.717, 1.165) is 66.2 Å². The second-order valence-electron chi connectivity index (χ2n) is 10.4. The van der Waals surface area contributed by atoms with E-state index < -0.39 is 6.23 Å². The van der Waals surface area contributed by atoms with Crippen LogP contribution in [0.2, 0.25) is 5.02 Å². The molecule has 7 heteroatoms.